The zero-order chi connectivity index (χ0) is 18.5. The second-order valence-corrected chi connectivity index (χ2v) is 8.72. The van der Waals surface area contributed by atoms with Crippen LogP contribution in [0.1, 0.15) is 71.6 Å². The van der Waals surface area contributed by atoms with Gasteiger partial charge in [-0.05, 0) is 44.0 Å². The normalized spacial score (nSPS) is 12.9. The van der Waals surface area contributed by atoms with Crippen molar-refractivity contribution in [1.82, 2.24) is 0 Å². The third-order valence-electron chi connectivity index (χ3n) is 4.48. The SMILES string of the molecule is CCCCCCCCCC(CCO)S(=O)(=O)c1ccc(OCC)cc1. The van der Waals surface area contributed by atoms with Gasteiger partial charge < -0.3 is 9.84 Å². The maximum Gasteiger partial charge on any atom is 0.181 e. The van der Waals surface area contributed by atoms with E-state index >= 15 is 0 Å². The van der Waals surface area contributed by atoms with Gasteiger partial charge in [0.05, 0.1) is 16.8 Å². The molecule has 25 heavy (non-hydrogen) atoms. The Morgan fingerprint density at radius 3 is 2.08 bits per heavy atom. The van der Waals surface area contributed by atoms with Gasteiger partial charge in [0.2, 0.25) is 0 Å². The molecule has 0 aromatic heterocycles. The van der Waals surface area contributed by atoms with Gasteiger partial charge in [0.1, 0.15) is 5.75 Å². The highest BCUT2D eigenvalue weighted by Crippen LogP contribution is 2.25. The molecule has 0 radical (unpaired) electrons. The van der Waals surface area contributed by atoms with Crippen LogP contribution < -0.4 is 4.74 Å². The zero-order valence-electron chi connectivity index (χ0n) is 15.7. The summed E-state index contributed by atoms with van der Waals surface area (Å²) in [5.41, 5.74) is 0. The number of rotatable bonds is 14. The van der Waals surface area contributed by atoms with E-state index in [2.05, 4.69) is 6.92 Å². The summed E-state index contributed by atoms with van der Waals surface area (Å²) in [6.45, 7) is 4.55. The second kappa shape index (κ2) is 12.3. The summed E-state index contributed by atoms with van der Waals surface area (Å²) < 4.78 is 31.1. The van der Waals surface area contributed by atoms with E-state index in [0.717, 1.165) is 19.3 Å². The average Bonchev–Trinajstić information content (AvgIpc) is 2.60. The molecule has 5 heteroatoms. The molecule has 0 aliphatic heterocycles. The lowest BCUT2D eigenvalue weighted by Gasteiger charge is -2.17. The Labute approximate surface area is 153 Å². The van der Waals surface area contributed by atoms with Crippen molar-refractivity contribution in [1.29, 1.82) is 0 Å². The number of aliphatic hydroxyl groups is 1. The Morgan fingerprint density at radius 1 is 0.920 bits per heavy atom. The van der Waals surface area contributed by atoms with Gasteiger partial charge in [-0.15, -0.1) is 0 Å². The summed E-state index contributed by atoms with van der Waals surface area (Å²) >= 11 is 0. The van der Waals surface area contributed by atoms with Gasteiger partial charge in [-0.3, -0.25) is 0 Å². The van der Waals surface area contributed by atoms with Gasteiger partial charge in [-0.2, -0.15) is 0 Å². The molecule has 1 aromatic carbocycles. The third kappa shape index (κ3) is 7.78. The molecule has 1 rings (SSSR count). The number of aliphatic hydroxyl groups excluding tert-OH is 1. The molecule has 0 bridgehead atoms. The van der Waals surface area contributed by atoms with E-state index in [1.165, 1.54) is 25.7 Å². The van der Waals surface area contributed by atoms with Crippen LogP contribution in [0.4, 0.5) is 0 Å². The third-order valence-corrected chi connectivity index (χ3v) is 6.76. The smallest absolute Gasteiger partial charge is 0.181 e. The number of unbranched alkanes of at least 4 members (excludes halogenated alkanes) is 6. The fourth-order valence-corrected chi connectivity index (χ4v) is 4.81. The van der Waals surface area contributed by atoms with Crippen LogP contribution in [0.25, 0.3) is 0 Å². The van der Waals surface area contributed by atoms with Crippen molar-refractivity contribution in [3.8, 4) is 5.75 Å². The van der Waals surface area contributed by atoms with Crippen LogP contribution in [0.15, 0.2) is 29.2 Å². The molecule has 0 heterocycles. The summed E-state index contributed by atoms with van der Waals surface area (Å²) in [6, 6.07) is 6.60. The molecule has 1 unspecified atom stereocenters. The van der Waals surface area contributed by atoms with E-state index in [1.54, 1.807) is 24.3 Å². The minimum atomic E-state index is -3.41. The van der Waals surface area contributed by atoms with Crippen molar-refractivity contribution < 1.29 is 18.3 Å². The van der Waals surface area contributed by atoms with E-state index in [4.69, 9.17) is 4.74 Å². The summed E-state index contributed by atoms with van der Waals surface area (Å²) in [5.74, 6) is 0.673. The second-order valence-electron chi connectivity index (χ2n) is 6.49. The van der Waals surface area contributed by atoms with Gasteiger partial charge in [-0.25, -0.2) is 8.42 Å². The van der Waals surface area contributed by atoms with Gasteiger partial charge in [0, 0.05) is 6.61 Å². The van der Waals surface area contributed by atoms with Crippen molar-refractivity contribution >= 4 is 9.84 Å². The molecule has 0 aliphatic rings. The van der Waals surface area contributed by atoms with Crippen LogP contribution in [-0.2, 0) is 9.84 Å². The van der Waals surface area contributed by atoms with Crippen LogP contribution in [-0.4, -0.2) is 32.0 Å². The van der Waals surface area contributed by atoms with Crippen molar-refractivity contribution in [2.24, 2.45) is 0 Å². The largest absolute Gasteiger partial charge is 0.494 e. The Bertz CT molecular complexity index is 552. The Hall–Kier alpha value is -1.07. The molecule has 0 spiro atoms. The van der Waals surface area contributed by atoms with Crippen LogP contribution >= 0.6 is 0 Å². The summed E-state index contributed by atoms with van der Waals surface area (Å²) in [7, 11) is -3.41. The Kier molecular flexibility index (Phi) is 10.8. The lowest BCUT2D eigenvalue weighted by molar-refractivity contribution is 0.282. The lowest BCUT2D eigenvalue weighted by atomic mass is 10.1. The molecule has 1 aromatic rings. The molecule has 4 nitrogen and oxygen atoms in total. The first-order valence-electron chi connectivity index (χ1n) is 9.63. The fourth-order valence-electron chi connectivity index (χ4n) is 3.01. The number of sulfone groups is 1. The van der Waals surface area contributed by atoms with Crippen molar-refractivity contribution in [2.45, 2.75) is 81.8 Å². The van der Waals surface area contributed by atoms with E-state index in [9.17, 15) is 13.5 Å². The average molecular weight is 371 g/mol. The highest BCUT2D eigenvalue weighted by atomic mass is 32.2. The highest BCUT2D eigenvalue weighted by Gasteiger charge is 2.26. The van der Waals surface area contributed by atoms with Crippen molar-refractivity contribution in [3.63, 3.8) is 0 Å². The summed E-state index contributed by atoms with van der Waals surface area (Å²) in [4.78, 5) is 0.317. The van der Waals surface area contributed by atoms with Crippen molar-refractivity contribution in [3.05, 3.63) is 24.3 Å². The van der Waals surface area contributed by atoms with Gasteiger partial charge in [0.25, 0.3) is 0 Å². The molecule has 1 N–H and O–H groups in total. The maximum absolute atomic E-state index is 12.8. The molecule has 144 valence electrons. The standard InChI is InChI=1S/C20H34O4S/c1-3-5-6-7-8-9-10-11-19(16-17-21)25(22,23)20-14-12-18(13-15-20)24-4-2/h12-15,19,21H,3-11,16-17H2,1-2H3. The molecule has 0 amide bonds. The van der Waals surface area contributed by atoms with Gasteiger partial charge in [-0.1, -0.05) is 51.9 Å². The monoisotopic (exact) mass is 370 g/mol. The van der Waals surface area contributed by atoms with Crippen LogP contribution in [0.3, 0.4) is 0 Å². The van der Waals surface area contributed by atoms with Crippen LogP contribution in [0.5, 0.6) is 5.75 Å². The Morgan fingerprint density at radius 2 is 1.52 bits per heavy atom. The molecule has 0 fully saturated rings. The first-order valence-corrected chi connectivity index (χ1v) is 11.2. The molecule has 1 atom stereocenters. The molecular weight excluding hydrogens is 336 g/mol. The predicted octanol–water partition coefficient (Wildman–Crippen LogP) is 4.75. The number of benzene rings is 1. The number of hydrogen-bond donors (Lipinski definition) is 1. The topological polar surface area (TPSA) is 63.6 Å². The zero-order valence-corrected chi connectivity index (χ0v) is 16.6. The van der Waals surface area contributed by atoms with Gasteiger partial charge >= 0.3 is 0 Å². The highest BCUT2D eigenvalue weighted by molar-refractivity contribution is 7.92. The molecule has 0 saturated carbocycles. The van der Waals surface area contributed by atoms with Crippen LogP contribution in [0, 0.1) is 0 Å². The quantitative estimate of drug-likeness (QED) is 0.480. The molecular formula is C20H34O4S. The fraction of sp³-hybridized carbons (Fsp3) is 0.700. The maximum atomic E-state index is 12.8. The molecule has 0 aliphatic carbocycles. The predicted molar refractivity (Wildman–Crippen MR) is 103 cm³/mol. The summed E-state index contributed by atoms with van der Waals surface area (Å²) in [5, 5.41) is 8.77. The minimum Gasteiger partial charge on any atom is -0.494 e. The minimum absolute atomic E-state index is 0.0998. The first-order chi connectivity index (χ1) is 12.1. The van der Waals surface area contributed by atoms with Gasteiger partial charge in [0.15, 0.2) is 9.84 Å². The number of ether oxygens (including phenoxy) is 1. The van der Waals surface area contributed by atoms with E-state index in [0.29, 0.717) is 30.1 Å². The summed E-state index contributed by atoms with van der Waals surface area (Å²) in [6.07, 6.45) is 9.03. The number of hydrogen-bond acceptors (Lipinski definition) is 4. The van der Waals surface area contributed by atoms with Crippen LogP contribution in [0.2, 0.25) is 0 Å². The van der Waals surface area contributed by atoms with Crippen molar-refractivity contribution in [2.75, 3.05) is 13.2 Å². The van der Waals surface area contributed by atoms with E-state index in [1.807, 2.05) is 6.92 Å². The van der Waals surface area contributed by atoms with E-state index in [-0.39, 0.29) is 6.61 Å². The van der Waals surface area contributed by atoms with E-state index < -0.39 is 15.1 Å². The Balaban J connectivity index is 2.59. The first kappa shape index (κ1) is 22.0. The lowest BCUT2D eigenvalue weighted by Crippen LogP contribution is -2.23. The molecule has 0 saturated heterocycles.